The van der Waals surface area contributed by atoms with E-state index in [9.17, 15) is 14.4 Å². The van der Waals surface area contributed by atoms with E-state index in [1.165, 1.54) is 5.56 Å². The van der Waals surface area contributed by atoms with Gasteiger partial charge in [-0.25, -0.2) is 0 Å². The second kappa shape index (κ2) is 8.43. The van der Waals surface area contributed by atoms with Gasteiger partial charge >= 0.3 is 0 Å². The summed E-state index contributed by atoms with van der Waals surface area (Å²) in [5, 5.41) is 5.60. The van der Waals surface area contributed by atoms with Crippen LogP contribution in [0.4, 0.5) is 5.69 Å². The quantitative estimate of drug-likeness (QED) is 0.568. The first-order valence-corrected chi connectivity index (χ1v) is 8.88. The highest BCUT2D eigenvalue weighted by molar-refractivity contribution is 6.02. The van der Waals surface area contributed by atoms with Gasteiger partial charge in [-0.2, -0.15) is 0 Å². The molecule has 0 spiro atoms. The number of Topliss-reactive ketones (excluding diaryl/α,β-unsaturated/α-hetero) is 1. The zero-order chi connectivity index (χ0) is 18.4. The Hall–Kier alpha value is -2.95. The minimum Gasteiger partial charge on any atom is -0.356 e. The van der Waals surface area contributed by atoms with E-state index in [0.717, 1.165) is 24.1 Å². The molecule has 3 rings (SSSR count). The first-order valence-electron chi connectivity index (χ1n) is 8.88. The van der Waals surface area contributed by atoms with Gasteiger partial charge in [-0.05, 0) is 42.2 Å². The van der Waals surface area contributed by atoms with Crippen molar-refractivity contribution < 1.29 is 14.4 Å². The molecule has 1 aliphatic heterocycles. The number of carbonyl (C=O) groups is 3. The third-order valence-electron chi connectivity index (χ3n) is 4.44. The number of rotatable bonds is 8. The maximum absolute atomic E-state index is 12.3. The number of ketones is 1. The molecule has 0 saturated heterocycles. The summed E-state index contributed by atoms with van der Waals surface area (Å²) in [6.45, 7) is 0.606. The minimum atomic E-state index is -0.107. The first-order chi connectivity index (χ1) is 12.6. The fraction of sp³-hybridized carbons (Fsp3) is 0.286. The molecule has 2 amide bonds. The van der Waals surface area contributed by atoms with Gasteiger partial charge in [0, 0.05) is 30.6 Å². The van der Waals surface area contributed by atoms with Crippen LogP contribution in [0.1, 0.15) is 40.7 Å². The normalized spacial score (nSPS) is 12.4. The average Bonchev–Trinajstić information content (AvgIpc) is 3.03. The van der Waals surface area contributed by atoms with Crippen LogP contribution in [0.2, 0.25) is 0 Å². The van der Waals surface area contributed by atoms with Crippen molar-refractivity contribution in [2.75, 3.05) is 11.9 Å². The molecule has 0 saturated carbocycles. The van der Waals surface area contributed by atoms with Gasteiger partial charge in [-0.3, -0.25) is 14.4 Å². The van der Waals surface area contributed by atoms with Crippen molar-refractivity contribution in [2.45, 2.75) is 32.1 Å². The second-order valence-electron chi connectivity index (χ2n) is 6.46. The van der Waals surface area contributed by atoms with Gasteiger partial charge in [0.15, 0.2) is 5.78 Å². The topological polar surface area (TPSA) is 75.3 Å². The van der Waals surface area contributed by atoms with Crippen molar-refractivity contribution in [2.24, 2.45) is 0 Å². The lowest BCUT2D eigenvalue weighted by Crippen LogP contribution is -2.25. The SMILES string of the molecule is O=C(CCC(=O)c1ccc2c(c1)CC(=O)N2)NCCCc1ccccc1. The Bertz CT molecular complexity index is 815. The maximum Gasteiger partial charge on any atom is 0.228 e. The van der Waals surface area contributed by atoms with Crippen LogP contribution in [-0.2, 0) is 22.4 Å². The minimum absolute atomic E-state index is 0.0560. The van der Waals surface area contributed by atoms with Gasteiger partial charge in [0.1, 0.15) is 0 Å². The van der Waals surface area contributed by atoms with Crippen molar-refractivity contribution >= 4 is 23.3 Å². The number of benzene rings is 2. The van der Waals surface area contributed by atoms with Crippen molar-refractivity contribution in [3.63, 3.8) is 0 Å². The number of hydrogen-bond acceptors (Lipinski definition) is 3. The number of anilines is 1. The summed E-state index contributed by atoms with van der Waals surface area (Å²) in [4.78, 5) is 35.5. The zero-order valence-corrected chi connectivity index (χ0v) is 14.6. The highest BCUT2D eigenvalue weighted by Gasteiger charge is 2.19. The summed E-state index contributed by atoms with van der Waals surface area (Å²) in [7, 11) is 0. The van der Waals surface area contributed by atoms with Crippen molar-refractivity contribution in [1.82, 2.24) is 5.32 Å². The van der Waals surface area contributed by atoms with Crippen LogP contribution in [0.3, 0.4) is 0 Å². The Morgan fingerprint density at radius 2 is 1.85 bits per heavy atom. The largest absolute Gasteiger partial charge is 0.356 e. The maximum atomic E-state index is 12.3. The summed E-state index contributed by atoms with van der Waals surface area (Å²) in [5.74, 6) is -0.240. The van der Waals surface area contributed by atoms with Crippen LogP contribution in [0, 0.1) is 0 Å². The van der Waals surface area contributed by atoms with Gasteiger partial charge < -0.3 is 10.6 Å². The molecule has 134 valence electrons. The molecule has 5 heteroatoms. The van der Waals surface area contributed by atoms with E-state index < -0.39 is 0 Å². The number of carbonyl (C=O) groups excluding carboxylic acids is 3. The second-order valence-corrected chi connectivity index (χ2v) is 6.46. The molecule has 0 aliphatic carbocycles. The fourth-order valence-electron chi connectivity index (χ4n) is 3.03. The molecule has 5 nitrogen and oxygen atoms in total. The third-order valence-corrected chi connectivity index (χ3v) is 4.44. The summed E-state index contributed by atoms with van der Waals surface area (Å²) in [5.41, 5.74) is 3.41. The Balaban J connectivity index is 1.38. The van der Waals surface area contributed by atoms with E-state index >= 15 is 0 Å². The zero-order valence-electron chi connectivity index (χ0n) is 14.6. The average molecular weight is 350 g/mol. The van der Waals surface area contributed by atoms with Crippen LogP contribution < -0.4 is 10.6 Å². The summed E-state index contributed by atoms with van der Waals surface area (Å²) in [6, 6.07) is 15.3. The highest BCUT2D eigenvalue weighted by Crippen LogP contribution is 2.24. The van der Waals surface area contributed by atoms with E-state index in [1.807, 2.05) is 18.2 Å². The van der Waals surface area contributed by atoms with Crippen LogP contribution in [-0.4, -0.2) is 24.1 Å². The van der Waals surface area contributed by atoms with Gasteiger partial charge in [0.25, 0.3) is 0 Å². The third kappa shape index (κ3) is 4.79. The predicted molar refractivity (Wildman–Crippen MR) is 100 cm³/mol. The molecule has 0 fully saturated rings. The summed E-state index contributed by atoms with van der Waals surface area (Å²) < 4.78 is 0. The Morgan fingerprint density at radius 1 is 1.04 bits per heavy atom. The van der Waals surface area contributed by atoms with Gasteiger partial charge in [0.05, 0.1) is 6.42 Å². The molecule has 1 aliphatic rings. The first kappa shape index (κ1) is 17.9. The van der Waals surface area contributed by atoms with Crippen LogP contribution in [0.15, 0.2) is 48.5 Å². The molecule has 0 aromatic heterocycles. The van der Waals surface area contributed by atoms with E-state index in [-0.39, 0.29) is 30.4 Å². The Kier molecular flexibility index (Phi) is 5.79. The molecule has 0 radical (unpaired) electrons. The van der Waals surface area contributed by atoms with E-state index in [1.54, 1.807) is 18.2 Å². The lowest BCUT2D eigenvalue weighted by molar-refractivity contribution is -0.121. The Labute approximate surface area is 152 Å². The molecule has 2 aromatic carbocycles. The molecule has 2 aromatic rings. The smallest absolute Gasteiger partial charge is 0.228 e. The number of amides is 2. The van der Waals surface area contributed by atoms with Crippen LogP contribution >= 0.6 is 0 Å². The van der Waals surface area contributed by atoms with Crippen LogP contribution in [0.25, 0.3) is 0 Å². The molecule has 0 atom stereocenters. The standard InChI is InChI=1S/C21H22N2O3/c24-19(16-8-9-18-17(13-16)14-21(26)23-18)10-11-20(25)22-12-4-7-15-5-2-1-3-6-15/h1-3,5-6,8-9,13H,4,7,10-12,14H2,(H,22,25)(H,23,26). The summed E-state index contributed by atoms with van der Waals surface area (Å²) in [6.07, 6.45) is 2.44. The molecule has 26 heavy (non-hydrogen) atoms. The Morgan fingerprint density at radius 3 is 2.65 bits per heavy atom. The van der Waals surface area contributed by atoms with E-state index in [2.05, 4.69) is 22.8 Å². The monoisotopic (exact) mass is 350 g/mol. The highest BCUT2D eigenvalue weighted by atomic mass is 16.2. The lowest BCUT2D eigenvalue weighted by Gasteiger charge is -2.06. The molecule has 0 unspecified atom stereocenters. The van der Waals surface area contributed by atoms with Gasteiger partial charge in [-0.1, -0.05) is 30.3 Å². The number of aryl methyl sites for hydroxylation is 1. The van der Waals surface area contributed by atoms with E-state index in [4.69, 9.17) is 0 Å². The number of nitrogens with one attached hydrogen (secondary N) is 2. The molecule has 2 N–H and O–H groups in total. The van der Waals surface area contributed by atoms with Gasteiger partial charge in [-0.15, -0.1) is 0 Å². The van der Waals surface area contributed by atoms with Crippen LogP contribution in [0.5, 0.6) is 0 Å². The molecule has 1 heterocycles. The number of hydrogen-bond donors (Lipinski definition) is 2. The van der Waals surface area contributed by atoms with Crippen molar-refractivity contribution in [1.29, 1.82) is 0 Å². The molecular weight excluding hydrogens is 328 g/mol. The molecular formula is C21H22N2O3. The number of fused-ring (bicyclic) bond motifs is 1. The fourth-order valence-corrected chi connectivity index (χ4v) is 3.03. The van der Waals surface area contributed by atoms with Gasteiger partial charge in [0.2, 0.25) is 11.8 Å². The van der Waals surface area contributed by atoms with E-state index in [0.29, 0.717) is 18.5 Å². The lowest BCUT2D eigenvalue weighted by atomic mass is 10.0. The predicted octanol–water partition coefficient (Wildman–Crippen LogP) is 2.89. The van der Waals surface area contributed by atoms with Crippen molar-refractivity contribution in [3.05, 3.63) is 65.2 Å². The summed E-state index contributed by atoms with van der Waals surface area (Å²) >= 11 is 0. The molecule has 0 bridgehead atoms. The van der Waals surface area contributed by atoms with Crippen molar-refractivity contribution in [3.8, 4) is 0 Å².